The molecule has 1 aliphatic heterocycles. The van der Waals surface area contributed by atoms with Crippen molar-refractivity contribution in [3.63, 3.8) is 0 Å². The maximum atomic E-state index is 12.5. The third-order valence-corrected chi connectivity index (χ3v) is 6.63. The van der Waals surface area contributed by atoms with Crippen molar-refractivity contribution >= 4 is 17.6 Å². The number of hydrogen-bond donors (Lipinski definition) is 2. The molecule has 0 spiro atoms. The first-order valence-corrected chi connectivity index (χ1v) is 13.3. The van der Waals surface area contributed by atoms with Crippen LogP contribution in [0, 0.1) is 0 Å². The van der Waals surface area contributed by atoms with Crippen molar-refractivity contribution in [1.82, 2.24) is 39.9 Å². The summed E-state index contributed by atoms with van der Waals surface area (Å²) in [5.41, 5.74) is 2.82. The van der Waals surface area contributed by atoms with Crippen LogP contribution in [0.5, 0.6) is 0 Å². The lowest BCUT2D eigenvalue weighted by molar-refractivity contribution is -0.0337. The third kappa shape index (κ3) is 7.26. The molecule has 1 saturated heterocycles. The zero-order valence-corrected chi connectivity index (χ0v) is 22.0. The molecule has 4 heterocycles. The highest BCUT2D eigenvalue weighted by Crippen LogP contribution is 2.32. The number of imidazole rings is 1. The van der Waals surface area contributed by atoms with Gasteiger partial charge in [0, 0.05) is 44.7 Å². The third-order valence-electron chi connectivity index (χ3n) is 6.63. The molecule has 3 aromatic heterocycles. The van der Waals surface area contributed by atoms with E-state index in [9.17, 15) is 18.4 Å². The molecule has 0 bridgehead atoms. The van der Waals surface area contributed by atoms with E-state index in [4.69, 9.17) is 0 Å². The number of alkyl halides is 2. The van der Waals surface area contributed by atoms with E-state index in [1.807, 2.05) is 19.9 Å². The molecule has 0 aromatic carbocycles. The summed E-state index contributed by atoms with van der Waals surface area (Å²) in [5.74, 6) is -2.52. The van der Waals surface area contributed by atoms with Gasteiger partial charge in [0.1, 0.15) is 5.69 Å². The van der Waals surface area contributed by atoms with Crippen molar-refractivity contribution in [1.29, 1.82) is 0 Å². The van der Waals surface area contributed by atoms with Gasteiger partial charge in [-0.2, -0.15) is 10.2 Å². The molecular formula is C26H36F2N8O2. The van der Waals surface area contributed by atoms with Gasteiger partial charge in [-0.1, -0.05) is 6.42 Å². The van der Waals surface area contributed by atoms with E-state index in [1.54, 1.807) is 38.8 Å². The topological polar surface area (TPSA) is 109 Å². The second-order valence-corrected chi connectivity index (χ2v) is 10.1. The highest BCUT2D eigenvalue weighted by molar-refractivity contribution is 5.92. The first-order chi connectivity index (χ1) is 18.2. The summed E-state index contributed by atoms with van der Waals surface area (Å²) in [6, 6.07) is 3.68. The summed E-state index contributed by atoms with van der Waals surface area (Å²) in [5, 5.41) is 14.4. The molecule has 2 aliphatic rings. The van der Waals surface area contributed by atoms with Crippen LogP contribution in [0.3, 0.4) is 0 Å². The Hall–Kier alpha value is -3.57. The molecule has 10 nitrogen and oxygen atoms in total. The van der Waals surface area contributed by atoms with Crippen molar-refractivity contribution in [3.05, 3.63) is 47.7 Å². The number of fused-ring (bicyclic) bond motifs is 1. The Kier molecular flexibility index (Phi) is 8.90. The molecule has 206 valence electrons. The molecular weight excluding hydrogens is 494 g/mol. The predicted molar refractivity (Wildman–Crippen MR) is 138 cm³/mol. The van der Waals surface area contributed by atoms with Gasteiger partial charge in [-0.3, -0.25) is 9.48 Å². The van der Waals surface area contributed by atoms with Gasteiger partial charge in [-0.05, 0) is 57.2 Å². The summed E-state index contributed by atoms with van der Waals surface area (Å²) < 4.78 is 27.8. The van der Waals surface area contributed by atoms with Gasteiger partial charge in [0.05, 0.1) is 24.6 Å². The Bertz CT molecular complexity index is 1230. The first kappa shape index (κ1) is 27.5. The fourth-order valence-electron chi connectivity index (χ4n) is 4.58. The first-order valence-electron chi connectivity index (χ1n) is 13.3. The van der Waals surface area contributed by atoms with Crippen LogP contribution in [0.2, 0.25) is 0 Å². The minimum Gasteiger partial charge on any atom is -0.345 e. The minimum absolute atomic E-state index is 0.0419. The molecule has 5 rings (SSSR count). The van der Waals surface area contributed by atoms with E-state index in [0.717, 1.165) is 37.9 Å². The van der Waals surface area contributed by atoms with Crippen LogP contribution in [0.15, 0.2) is 30.7 Å². The highest BCUT2D eigenvalue weighted by atomic mass is 19.3. The molecule has 12 heteroatoms. The van der Waals surface area contributed by atoms with Gasteiger partial charge in [-0.15, -0.1) is 0 Å². The number of hydrogen-bond acceptors (Lipinski definition) is 5. The largest absolute Gasteiger partial charge is 0.345 e. The van der Waals surface area contributed by atoms with Crippen molar-refractivity contribution in [3.8, 4) is 0 Å². The van der Waals surface area contributed by atoms with Gasteiger partial charge in [0.15, 0.2) is 5.65 Å². The van der Waals surface area contributed by atoms with Gasteiger partial charge in [0.2, 0.25) is 5.92 Å². The number of halogens is 2. The standard InChI is InChI=1S/C20H26N8O2.C6H10F2/c1-14(2)28-17(5-7-23-28)19(29)22-11-16-13-27-18(25-16)9-15(10-24-27)12-26-8-4-3-6-21-20(26)30;7-6(8)4-2-1-3-5-6/h5,7,9-10,13-14H,3-4,6,8,11-12H2,1-2H3,(H,21,30)(H,22,29);1-5H2. The number of nitrogens with one attached hydrogen (secondary N) is 2. The number of aromatic nitrogens is 5. The van der Waals surface area contributed by atoms with Gasteiger partial charge < -0.3 is 15.5 Å². The molecule has 38 heavy (non-hydrogen) atoms. The maximum absolute atomic E-state index is 12.5. The molecule has 0 unspecified atom stereocenters. The van der Waals surface area contributed by atoms with Crippen LogP contribution in [0.25, 0.3) is 5.65 Å². The van der Waals surface area contributed by atoms with Crippen LogP contribution >= 0.6 is 0 Å². The average molecular weight is 531 g/mol. The van der Waals surface area contributed by atoms with E-state index in [-0.39, 0.29) is 37.4 Å². The minimum atomic E-state index is -2.32. The number of carbonyl (C=O) groups is 2. The van der Waals surface area contributed by atoms with Crippen LogP contribution in [-0.2, 0) is 13.1 Å². The smallest absolute Gasteiger partial charge is 0.317 e. The van der Waals surface area contributed by atoms with Crippen LogP contribution in [0.1, 0.15) is 86.6 Å². The number of nitrogens with zero attached hydrogens (tertiary/aromatic N) is 6. The van der Waals surface area contributed by atoms with Crippen LogP contribution in [0.4, 0.5) is 13.6 Å². The SMILES string of the molecule is CC(C)n1nccc1C(=O)NCc1cn2ncc(CN3CCCCNC3=O)cc2n1.FC1(F)CCCCC1. The van der Waals surface area contributed by atoms with Crippen molar-refractivity contribution in [2.24, 2.45) is 0 Å². The molecule has 0 atom stereocenters. The summed E-state index contributed by atoms with van der Waals surface area (Å²) in [6.07, 6.45) is 9.80. The van der Waals surface area contributed by atoms with E-state index in [2.05, 4.69) is 25.8 Å². The van der Waals surface area contributed by atoms with Crippen molar-refractivity contribution < 1.29 is 18.4 Å². The highest BCUT2D eigenvalue weighted by Gasteiger charge is 2.30. The molecule has 3 aromatic rings. The summed E-state index contributed by atoms with van der Waals surface area (Å²) in [7, 11) is 0. The summed E-state index contributed by atoms with van der Waals surface area (Å²) in [4.78, 5) is 31.0. The number of rotatable bonds is 6. The predicted octanol–water partition coefficient (Wildman–Crippen LogP) is 4.33. The Morgan fingerprint density at radius 3 is 2.66 bits per heavy atom. The Balaban J connectivity index is 0.000000360. The Morgan fingerprint density at radius 1 is 1.16 bits per heavy atom. The number of amides is 3. The maximum Gasteiger partial charge on any atom is 0.317 e. The molecule has 2 fully saturated rings. The second kappa shape index (κ2) is 12.3. The van der Waals surface area contributed by atoms with E-state index in [0.29, 0.717) is 36.4 Å². The lowest BCUT2D eigenvalue weighted by atomic mass is 9.97. The normalized spacial score (nSPS) is 17.5. The van der Waals surface area contributed by atoms with Crippen LogP contribution in [-0.4, -0.2) is 60.2 Å². The van der Waals surface area contributed by atoms with E-state index >= 15 is 0 Å². The molecule has 1 saturated carbocycles. The molecule has 0 radical (unpaired) electrons. The van der Waals surface area contributed by atoms with Gasteiger partial charge in [0.25, 0.3) is 5.91 Å². The lowest BCUT2D eigenvalue weighted by Crippen LogP contribution is -2.37. The average Bonchev–Trinajstić information content (AvgIpc) is 3.49. The second-order valence-electron chi connectivity index (χ2n) is 10.1. The molecule has 3 amide bonds. The van der Waals surface area contributed by atoms with E-state index < -0.39 is 5.92 Å². The molecule has 1 aliphatic carbocycles. The fourth-order valence-corrected chi connectivity index (χ4v) is 4.58. The fraction of sp³-hybridized carbons (Fsp3) is 0.577. The lowest BCUT2D eigenvalue weighted by Gasteiger charge is -2.20. The Labute approximate surface area is 220 Å². The number of urea groups is 1. The Morgan fingerprint density at radius 2 is 1.95 bits per heavy atom. The molecule has 2 N–H and O–H groups in total. The zero-order chi connectivity index (χ0) is 27.1. The monoisotopic (exact) mass is 530 g/mol. The van der Waals surface area contributed by atoms with Crippen molar-refractivity contribution in [2.45, 2.75) is 83.8 Å². The van der Waals surface area contributed by atoms with Gasteiger partial charge in [-0.25, -0.2) is 23.1 Å². The van der Waals surface area contributed by atoms with Gasteiger partial charge >= 0.3 is 6.03 Å². The zero-order valence-electron chi connectivity index (χ0n) is 22.0. The van der Waals surface area contributed by atoms with Crippen LogP contribution < -0.4 is 10.6 Å². The summed E-state index contributed by atoms with van der Waals surface area (Å²) >= 11 is 0. The van der Waals surface area contributed by atoms with E-state index in [1.165, 1.54) is 0 Å². The van der Waals surface area contributed by atoms with Crippen molar-refractivity contribution in [2.75, 3.05) is 13.1 Å². The quantitative estimate of drug-likeness (QED) is 0.493. The summed E-state index contributed by atoms with van der Waals surface area (Å²) in [6.45, 7) is 6.19. The number of carbonyl (C=O) groups excluding carboxylic acids is 2.